The number of aromatic hydroxyl groups is 1. The van der Waals surface area contributed by atoms with Gasteiger partial charge in [-0.2, -0.15) is 0 Å². The molecule has 0 spiro atoms. The van der Waals surface area contributed by atoms with Crippen molar-refractivity contribution in [2.75, 3.05) is 11.9 Å². The third-order valence-corrected chi connectivity index (χ3v) is 7.69. The minimum Gasteiger partial charge on any atom is -0.508 e. The van der Waals surface area contributed by atoms with Gasteiger partial charge in [0.2, 0.25) is 5.91 Å². The van der Waals surface area contributed by atoms with Crippen molar-refractivity contribution in [3.8, 4) is 11.4 Å². The molecule has 1 fully saturated rings. The Morgan fingerprint density at radius 1 is 1.05 bits per heavy atom. The van der Waals surface area contributed by atoms with E-state index in [9.17, 15) is 9.90 Å². The number of pyridine rings is 1. The molecule has 0 bridgehead atoms. The fraction of sp³-hybridized carbons (Fsp3) is 0.258. The van der Waals surface area contributed by atoms with Crippen LogP contribution >= 0.6 is 12.2 Å². The van der Waals surface area contributed by atoms with Crippen molar-refractivity contribution < 1.29 is 9.90 Å². The average Bonchev–Trinajstić information content (AvgIpc) is 3.40. The number of phenols is 1. The minimum atomic E-state index is -0.172. The highest BCUT2D eigenvalue weighted by Crippen LogP contribution is 2.41. The van der Waals surface area contributed by atoms with Crippen LogP contribution in [0.1, 0.15) is 52.3 Å². The van der Waals surface area contributed by atoms with Crippen molar-refractivity contribution in [1.29, 1.82) is 0 Å². The highest BCUT2D eigenvalue weighted by atomic mass is 32.1. The molecule has 0 saturated carbocycles. The van der Waals surface area contributed by atoms with E-state index in [1.54, 1.807) is 18.3 Å². The summed E-state index contributed by atoms with van der Waals surface area (Å²) in [6, 6.07) is 21.0. The molecule has 39 heavy (non-hydrogen) atoms. The van der Waals surface area contributed by atoms with Gasteiger partial charge in [-0.3, -0.25) is 9.78 Å². The van der Waals surface area contributed by atoms with Gasteiger partial charge in [-0.15, -0.1) is 0 Å². The molecule has 3 N–H and O–H groups in total. The molecule has 2 atom stereocenters. The first-order valence-electron chi connectivity index (χ1n) is 13.1. The van der Waals surface area contributed by atoms with Crippen LogP contribution in [0.5, 0.6) is 5.75 Å². The predicted molar refractivity (Wildman–Crippen MR) is 158 cm³/mol. The second kappa shape index (κ2) is 10.9. The SMILES string of the molecule is Cc1ccc(C)c(NC(=O)CCN2C(=S)N[C@@H](c3ccccn3)[C@H]2c2cc(C)n(-c3ccc(O)cc3)c2C)c1. The molecule has 1 saturated heterocycles. The summed E-state index contributed by atoms with van der Waals surface area (Å²) in [5.41, 5.74) is 8.07. The van der Waals surface area contributed by atoms with Crippen LogP contribution in [0.3, 0.4) is 0 Å². The molecule has 0 aliphatic carbocycles. The Hall–Kier alpha value is -4.17. The fourth-order valence-electron chi connectivity index (χ4n) is 5.38. The first-order chi connectivity index (χ1) is 18.7. The molecule has 200 valence electrons. The highest BCUT2D eigenvalue weighted by Gasteiger charge is 2.41. The molecule has 7 nitrogen and oxygen atoms in total. The second-order valence-electron chi connectivity index (χ2n) is 10.1. The maximum absolute atomic E-state index is 13.0. The Morgan fingerprint density at radius 3 is 2.54 bits per heavy atom. The number of thiocarbonyl (C=S) groups is 1. The van der Waals surface area contributed by atoms with Crippen molar-refractivity contribution in [2.24, 2.45) is 0 Å². The fourth-order valence-corrected chi connectivity index (χ4v) is 5.71. The van der Waals surface area contributed by atoms with E-state index in [4.69, 9.17) is 12.2 Å². The summed E-state index contributed by atoms with van der Waals surface area (Å²) in [5, 5.41) is 16.9. The van der Waals surface area contributed by atoms with Gasteiger partial charge in [0.05, 0.1) is 17.8 Å². The number of aryl methyl sites for hydroxylation is 3. The van der Waals surface area contributed by atoms with Crippen LogP contribution in [0.2, 0.25) is 0 Å². The van der Waals surface area contributed by atoms with Gasteiger partial charge in [-0.1, -0.05) is 18.2 Å². The van der Waals surface area contributed by atoms with E-state index >= 15 is 0 Å². The average molecular weight is 540 g/mol. The summed E-state index contributed by atoms with van der Waals surface area (Å²) in [5.74, 6) is 0.174. The van der Waals surface area contributed by atoms with Gasteiger partial charge in [-0.25, -0.2) is 0 Å². The van der Waals surface area contributed by atoms with Crippen LogP contribution in [0.4, 0.5) is 5.69 Å². The van der Waals surface area contributed by atoms with E-state index in [1.807, 2.05) is 62.4 Å². The number of nitrogens with zero attached hydrogens (tertiary/aromatic N) is 3. The number of carbonyl (C=O) groups is 1. The van der Waals surface area contributed by atoms with E-state index in [1.165, 1.54) is 0 Å². The van der Waals surface area contributed by atoms with Crippen LogP contribution in [-0.4, -0.2) is 37.1 Å². The molecule has 2 aromatic heterocycles. The number of aromatic nitrogens is 2. The number of anilines is 1. The van der Waals surface area contributed by atoms with Crippen LogP contribution in [-0.2, 0) is 4.79 Å². The maximum atomic E-state index is 13.0. The Bertz CT molecular complexity index is 1510. The Morgan fingerprint density at radius 2 is 1.82 bits per heavy atom. The lowest BCUT2D eigenvalue weighted by Gasteiger charge is -2.28. The van der Waals surface area contributed by atoms with Crippen molar-refractivity contribution in [3.05, 3.63) is 107 Å². The number of benzene rings is 2. The van der Waals surface area contributed by atoms with Crippen LogP contribution in [0, 0.1) is 27.7 Å². The number of rotatable bonds is 7. The molecule has 0 unspecified atom stereocenters. The lowest BCUT2D eigenvalue weighted by molar-refractivity contribution is -0.116. The normalized spacial score (nSPS) is 16.8. The molecule has 1 aliphatic heterocycles. The highest BCUT2D eigenvalue weighted by molar-refractivity contribution is 7.80. The smallest absolute Gasteiger partial charge is 0.226 e. The number of carbonyl (C=O) groups excluding carboxylic acids is 1. The Kier molecular flexibility index (Phi) is 7.39. The second-order valence-corrected chi connectivity index (χ2v) is 10.5. The Balaban J connectivity index is 1.46. The summed E-state index contributed by atoms with van der Waals surface area (Å²) in [6.07, 6.45) is 2.08. The van der Waals surface area contributed by atoms with Gasteiger partial charge in [0, 0.05) is 41.9 Å². The molecular formula is C31H33N5O2S. The first-order valence-corrected chi connectivity index (χ1v) is 13.5. The lowest BCUT2D eigenvalue weighted by Crippen LogP contribution is -2.33. The van der Waals surface area contributed by atoms with Crippen molar-refractivity contribution in [1.82, 2.24) is 19.8 Å². The molecule has 4 aromatic rings. The minimum absolute atomic E-state index is 0.0545. The zero-order chi connectivity index (χ0) is 27.7. The summed E-state index contributed by atoms with van der Waals surface area (Å²) in [7, 11) is 0. The summed E-state index contributed by atoms with van der Waals surface area (Å²) in [4.78, 5) is 19.8. The van der Waals surface area contributed by atoms with Crippen LogP contribution < -0.4 is 10.6 Å². The summed E-state index contributed by atoms with van der Waals surface area (Å²) >= 11 is 5.83. The molecule has 1 amide bonds. The quantitative estimate of drug-likeness (QED) is 0.257. The zero-order valence-corrected chi connectivity index (χ0v) is 23.4. The standard InChI is InChI=1S/C31H33N5O2S/c1-19-8-9-20(2)27(17-19)33-28(38)14-16-35-30(29(34-31(35)39)26-7-5-6-15-32-26)25-18-21(3)36(22(25)4)23-10-12-24(37)13-11-23/h5-13,15,17-18,29-30,37H,14,16H2,1-4H3,(H,33,38)(H,34,39)/t29-,30+/m0/s1. The van der Waals surface area contributed by atoms with Crippen molar-refractivity contribution >= 4 is 28.9 Å². The number of hydrogen-bond donors (Lipinski definition) is 3. The largest absolute Gasteiger partial charge is 0.508 e. The van der Waals surface area contributed by atoms with E-state index in [-0.39, 0.29) is 30.2 Å². The van der Waals surface area contributed by atoms with Crippen molar-refractivity contribution in [2.45, 2.75) is 46.2 Å². The van der Waals surface area contributed by atoms with Crippen LogP contribution in [0.25, 0.3) is 5.69 Å². The van der Waals surface area contributed by atoms with E-state index in [0.29, 0.717) is 11.7 Å². The molecule has 1 aliphatic rings. The topological polar surface area (TPSA) is 82.4 Å². The summed E-state index contributed by atoms with van der Waals surface area (Å²) < 4.78 is 2.18. The van der Waals surface area contributed by atoms with Gasteiger partial charge in [-0.05, 0) is 105 Å². The first kappa shape index (κ1) is 26.4. The third-order valence-electron chi connectivity index (χ3n) is 7.34. The molecule has 2 aromatic carbocycles. The Labute approximate surface area is 234 Å². The monoisotopic (exact) mass is 539 g/mol. The third kappa shape index (κ3) is 5.38. The molecule has 0 radical (unpaired) electrons. The number of nitrogens with one attached hydrogen (secondary N) is 2. The van der Waals surface area contributed by atoms with Gasteiger partial charge in [0.15, 0.2) is 5.11 Å². The van der Waals surface area contributed by atoms with E-state index in [2.05, 4.69) is 45.0 Å². The number of hydrogen-bond acceptors (Lipinski definition) is 4. The number of amides is 1. The van der Waals surface area contributed by atoms with Gasteiger partial charge < -0.3 is 25.2 Å². The molecule has 5 rings (SSSR count). The maximum Gasteiger partial charge on any atom is 0.226 e. The van der Waals surface area contributed by atoms with Gasteiger partial charge in [0.25, 0.3) is 0 Å². The molecule has 3 heterocycles. The van der Waals surface area contributed by atoms with Gasteiger partial charge in [0.1, 0.15) is 5.75 Å². The van der Waals surface area contributed by atoms with E-state index < -0.39 is 0 Å². The predicted octanol–water partition coefficient (Wildman–Crippen LogP) is 5.81. The zero-order valence-electron chi connectivity index (χ0n) is 22.6. The molecule has 8 heteroatoms. The summed E-state index contributed by atoms with van der Waals surface area (Å²) in [6.45, 7) is 8.63. The molecular weight excluding hydrogens is 506 g/mol. The van der Waals surface area contributed by atoms with Crippen LogP contribution in [0.15, 0.2) is 72.9 Å². The lowest BCUT2D eigenvalue weighted by atomic mass is 9.96. The van der Waals surface area contributed by atoms with Gasteiger partial charge >= 0.3 is 0 Å². The number of phenolic OH excluding ortho intramolecular Hbond substituents is 1. The van der Waals surface area contributed by atoms with E-state index in [0.717, 1.165) is 45.1 Å². The van der Waals surface area contributed by atoms with Crippen molar-refractivity contribution in [3.63, 3.8) is 0 Å².